The van der Waals surface area contributed by atoms with Crippen molar-refractivity contribution in [3.63, 3.8) is 0 Å². The van der Waals surface area contributed by atoms with Crippen molar-refractivity contribution in [2.45, 2.75) is 12.5 Å². The molecule has 9 heteroatoms. The summed E-state index contributed by atoms with van der Waals surface area (Å²) >= 11 is 19.4. The summed E-state index contributed by atoms with van der Waals surface area (Å²) in [6.07, 6.45) is -0.347. The molecule has 2 aromatic carbocycles. The van der Waals surface area contributed by atoms with Crippen LogP contribution in [-0.2, 0) is 4.79 Å². The fraction of sp³-hybridized carbons (Fsp3) is 0.105. The standard InChI is InChI=1S/C19H13Cl3N2O3S/c20-11-6-4-10(5-7-11)19-24-15(9-28-19)18(27)23-14(8-16(25)26)12-2-1-3-13(21)17(12)22/h1-7,9,14H,8H2,(H,23,27)(H,25,26)/t14-/m0/s1. The number of amides is 1. The van der Waals surface area contributed by atoms with Crippen LogP contribution in [0.1, 0.15) is 28.5 Å². The van der Waals surface area contributed by atoms with Crippen molar-refractivity contribution in [2.75, 3.05) is 0 Å². The molecule has 1 atom stereocenters. The van der Waals surface area contributed by atoms with E-state index in [2.05, 4.69) is 10.3 Å². The van der Waals surface area contributed by atoms with Crippen LogP contribution in [0.25, 0.3) is 10.6 Å². The molecule has 1 heterocycles. The number of nitrogens with one attached hydrogen (secondary N) is 1. The summed E-state index contributed by atoms with van der Waals surface area (Å²) in [4.78, 5) is 28.2. The molecule has 0 saturated carbocycles. The minimum absolute atomic E-state index is 0.184. The molecule has 0 spiro atoms. The van der Waals surface area contributed by atoms with Crippen molar-refractivity contribution in [1.82, 2.24) is 10.3 Å². The Morgan fingerprint density at radius 1 is 1.11 bits per heavy atom. The molecule has 144 valence electrons. The summed E-state index contributed by atoms with van der Waals surface area (Å²) < 4.78 is 0. The zero-order valence-corrected chi connectivity index (χ0v) is 17.2. The number of carboxylic acids is 1. The second-order valence-corrected chi connectivity index (χ2v) is 7.89. The number of nitrogens with zero attached hydrogens (tertiary/aromatic N) is 1. The summed E-state index contributed by atoms with van der Waals surface area (Å²) in [5, 5.41) is 15.2. The third-order valence-electron chi connectivity index (χ3n) is 3.87. The van der Waals surface area contributed by atoms with Crippen LogP contribution >= 0.6 is 46.1 Å². The van der Waals surface area contributed by atoms with Gasteiger partial charge in [-0.2, -0.15) is 0 Å². The van der Waals surface area contributed by atoms with E-state index in [1.807, 2.05) is 12.1 Å². The molecule has 0 unspecified atom stereocenters. The normalized spacial score (nSPS) is 11.8. The second kappa shape index (κ2) is 8.92. The van der Waals surface area contributed by atoms with E-state index in [1.54, 1.807) is 35.7 Å². The molecule has 0 aliphatic rings. The van der Waals surface area contributed by atoms with Gasteiger partial charge in [0, 0.05) is 16.0 Å². The Hall–Kier alpha value is -2.12. The third-order valence-corrected chi connectivity index (χ3v) is 5.85. The lowest BCUT2D eigenvalue weighted by atomic mass is 10.0. The molecule has 1 amide bonds. The van der Waals surface area contributed by atoms with Gasteiger partial charge in [0.1, 0.15) is 10.7 Å². The summed E-state index contributed by atoms with van der Waals surface area (Å²) in [6, 6.07) is 11.1. The van der Waals surface area contributed by atoms with E-state index in [0.717, 1.165) is 5.56 Å². The number of thiazole rings is 1. The first-order valence-corrected chi connectivity index (χ1v) is 10.0. The van der Waals surface area contributed by atoms with Gasteiger partial charge in [-0.15, -0.1) is 11.3 Å². The molecule has 0 radical (unpaired) electrons. The number of hydrogen-bond donors (Lipinski definition) is 2. The van der Waals surface area contributed by atoms with Gasteiger partial charge in [-0.25, -0.2) is 4.98 Å². The predicted octanol–water partition coefficient (Wildman–Crippen LogP) is 5.72. The number of carbonyl (C=O) groups excluding carboxylic acids is 1. The van der Waals surface area contributed by atoms with Crippen molar-refractivity contribution >= 4 is 58.0 Å². The molecular formula is C19H13Cl3N2O3S. The molecule has 0 bridgehead atoms. The van der Waals surface area contributed by atoms with Gasteiger partial charge in [-0.1, -0.05) is 59.1 Å². The van der Waals surface area contributed by atoms with Gasteiger partial charge >= 0.3 is 5.97 Å². The number of carbonyl (C=O) groups is 2. The molecule has 1 aromatic heterocycles. The van der Waals surface area contributed by atoms with Crippen LogP contribution < -0.4 is 5.32 Å². The molecule has 2 N–H and O–H groups in total. The van der Waals surface area contributed by atoms with Gasteiger partial charge in [-0.05, 0) is 23.8 Å². The van der Waals surface area contributed by atoms with Crippen LogP contribution in [0.2, 0.25) is 15.1 Å². The molecule has 0 saturated heterocycles. The Labute approximate surface area is 179 Å². The van der Waals surface area contributed by atoms with Crippen molar-refractivity contribution in [1.29, 1.82) is 0 Å². The Balaban J connectivity index is 1.83. The maximum absolute atomic E-state index is 12.6. The van der Waals surface area contributed by atoms with E-state index >= 15 is 0 Å². The minimum atomic E-state index is -1.08. The Kier molecular flexibility index (Phi) is 6.57. The first-order chi connectivity index (χ1) is 13.3. The van der Waals surface area contributed by atoms with Crippen LogP contribution in [0.5, 0.6) is 0 Å². The van der Waals surface area contributed by atoms with Crippen LogP contribution in [0.3, 0.4) is 0 Å². The molecule has 0 fully saturated rings. The van der Waals surface area contributed by atoms with Gasteiger partial charge in [-0.3, -0.25) is 9.59 Å². The predicted molar refractivity (Wildman–Crippen MR) is 111 cm³/mol. The van der Waals surface area contributed by atoms with Gasteiger partial charge in [0.2, 0.25) is 0 Å². The Morgan fingerprint density at radius 3 is 2.50 bits per heavy atom. The topological polar surface area (TPSA) is 79.3 Å². The van der Waals surface area contributed by atoms with E-state index < -0.39 is 17.9 Å². The van der Waals surface area contributed by atoms with Crippen molar-refractivity contribution in [3.05, 3.63) is 74.2 Å². The molecule has 5 nitrogen and oxygen atoms in total. The summed E-state index contributed by atoms with van der Waals surface area (Å²) in [5.74, 6) is -1.58. The van der Waals surface area contributed by atoms with Crippen LogP contribution in [0.15, 0.2) is 47.8 Å². The Bertz CT molecular complexity index is 1020. The van der Waals surface area contributed by atoms with Crippen LogP contribution in [-0.4, -0.2) is 22.0 Å². The number of aliphatic carboxylic acids is 1. The highest BCUT2D eigenvalue weighted by molar-refractivity contribution is 7.13. The highest BCUT2D eigenvalue weighted by atomic mass is 35.5. The zero-order valence-electron chi connectivity index (χ0n) is 14.2. The third kappa shape index (κ3) is 4.83. The average Bonchev–Trinajstić information content (AvgIpc) is 3.14. The monoisotopic (exact) mass is 454 g/mol. The largest absolute Gasteiger partial charge is 0.481 e. The molecule has 28 heavy (non-hydrogen) atoms. The van der Waals surface area contributed by atoms with Gasteiger partial charge in [0.15, 0.2) is 0 Å². The molecule has 0 aliphatic heterocycles. The van der Waals surface area contributed by atoms with Crippen molar-refractivity contribution < 1.29 is 14.7 Å². The lowest BCUT2D eigenvalue weighted by Crippen LogP contribution is -2.30. The van der Waals surface area contributed by atoms with Crippen LogP contribution in [0.4, 0.5) is 0 Å². The minimum Gasteiger partial charge on any atom is -0.481 e. The summed E-state index contributed by atoms with van der Waals surface area (Å²) in [5.41, 5.74) is 1.44. The van der Waals surface area contributed by atoms with Gasteiger partial charge in [0.25, 0.3) is 5.91 Å². The second-order valence-electron chi connectivity index (χ2n) is 5.81. The lowest BCUT2D eigenvalue weighted by Gasteiger charge is -2.18. The number of halogens is 3. The summed E-state index contributed by atoms with van der Waals surface area (Å²) in [7, 11) is 0. The van der Waals surface area contributed by atoms with Gasteiger partial charge < -0.3 is 10.4 Å². The maximum Gasteiger partial charge on any atom is 0.305 e. The SMILES string of the molecule is O=C(O)C[C@H](NC(=O)c1csc(-c2ccc(Cl)cc2)n1)c1cccc(Cl)c1Cl. The van der Waals surface area contributed by atoms with Gasteiger partial charge in [0.05, 0.1) is 22.5 Å². The van der Waals surface area contributed by atoms with E-state index in [1.165, 1.54) is 11.3 Å². The number of rotatable bonds is 6. The Morgan fingerprint density at radius 2 is 1.82 bits per heavy atom. The van der Waals surface area contributed by atoms with Crippen molar-refractivity contribution in [2.24, 2.45) is 0 Å². The van der Waals surface area contributed by atoms with E-state index in [9.17, 15) is 14.7 Å². The molecular weight excluding hydrogens is 443 g/mol. The lowest BCUT2D eigenvalue weighted by molar-refractivity contribution is -0.137. The molecule has 3 rings (SSSR count). The smallest absolute Gasteiger partial charge is 0.305 e. The fourth-order valence-electron chi connectivity index (χ4n) is 2.54. The fourth-order valence-corrected chi connectivity index (χ4v) is 3.91. The quantitative estimate of drug-likeness (QED) is 0.498. The average molecular weight is 456 g/mol. The van der Waals surface area contributed by atoms with Crippen molar-refractivity contribution in [3.8, 4) is 10.6 Å². The summed E-state index contributed by atoms with van der Waals surface area (Å²) in [6.45, 7) is 0. The number of benzene rings is 2. The number of carboxylic acid groups (broad SMARTS) is 1. The molecule has 3 aromatic rings. The highest BCUT2D eigenvalue weighted by Crippen LogP contribution is 2.32. The molecule has 0 aliphatic carbocycles. The maximum atomic E-state index is 12.6. The zero-order chi connectivity index (χ0) is 20.3. The van der Waals surface area contributed by atoms with E-state index in [0.29, 0.717) is 15.6 Å². The first kappa shape index (κ1) is 20.6. The highest BCUT2D eigenvalue weighted by Gasteiger charge is 2.23. The number of hydrogen-bond acceptors (Lipinski definition) is 4. The van der Waals surface area contributed by atoms with E-state index in [4.69, 9.17) is 34.8 Å². The number of aromatic nitrogens is 1. The first-order valence-electron chi connectivity index (χ1n) is 8.03. The van der Waals surface area contributed by atoms with E-state index in [-0.39, 0.29) is 22.2 Å². The van der Waals surface area contributed by atoms with Crippen LogP contribution in [0, 0.1) is 0 Å².